The summed E-state index contributed by atoms with van der Waals surface area (Å²) in [5, 5.41) is 14.8. The highest BCUT2D eigenvalue weighted by atomic mass is 16.6. The van der Waals surface area contributed by atoms with Crippen LogP contribution in [-0.2, 0) is 0 Å². The minimum atomic E-state index is -0.398. The molecule has 138 valence electrons. The van der Waals surface area contributed by atoms with E-state index in [9.17, 15) is 10.1 Å². The number of nitrogens with zero attached hydrogens (tertiary/aromatic N) is 6. The maximum atomic E-state index is 11.7. The predicted molar refractivity (Wildman–Crippen MR) is 101 cm³/mol. The zero-order chi connectivity index (χ0) is 18.5. The van der Waals surface area contributed by atoms with Gasteiger partial charge in [-0.15, -0.1) is 0 Å². The van der Waals surface area contributed by atoms with Crippen molar-refractivity contribution in [1.82, 2.24) is 15.0 Å². The van der Waals surface area contributed by atoms with E-state index in [1.165, 1.54) is 6.33 Å². The van der Waals surface area contributed by atoms with Gasteiger partial charge in [-0.25, -0.2) is 15.0 Å². The number of piperazine rings is 1. The van der Waals surface area contributed by atoms with E-state index in [1.54, 1.807) is 6.20 Å². The van der Waals surface area contributed by atoms with E-state index in [1.807, 2.05) is 36.9 Å². The summed E-state index contributed by atoms with van der Waals surface area (Å²) in [6, 6.07) is 5.90. The minimum absolute atomic E-state index is 0.0564. The molecule has 1 unspecified atom stereocenters. The number of rotatable bonds is 6. The van der Waals surface area contributed by atoms with Gasteiger partial charge in [0, 0.05) is 38.4 Å². The molecule has 0 aromatic carbocycles. The Morgan fingerprint density at radius 3 is 2.54 bits per heavy atom. The standard InChI is InChI=1S/C17H23N7O2/c1-3-13(2)21-16-15(24(25)26)17(20-12-19-16)23-10-8-22(9-11-23)14-6-4-5-7-18-14/h4-7,12-13H,3,8-11H2,1-2H3,(H,19,20,21). The summed E-state index contributed by atoms with van der Waals surface area (Å²) in [6.07, 6.45) is 4.00. The fourth-order valence-electron chi connectivity index (χ4n) is 2.90. The van der Waals surface area contributed by atoms with Gasteiger partial charge >= 0.3 is 5.69 Å². The van der Waals surface area contributed by atoms with Crippen LogP contribution in [0.1, 0.15) is 20.3 Å². The zero-order valence-corrected chi connectivity index (χ0v) is 15.0. The molecule has 0 amide bonds. The van der Waals surface area contributed by atoms with Gasteiger partial charge in [0.15, 0.2) is 0 Å². The Kier molecular flexibility index (Phi) is 5.45. The lowest BCUT2D eigenvalue weighted by Gasteiger charge is -2.35. The number of nitro groups is 1. The van der Waals surface area contributed by atoms with Crippen LogP contribution in [0.25, 0.3) is 0 Å². The van der Waals surface area contributed by atoms with Crippen molar-refractivity contribution in [1.29, 1.82) is 0 Å². The molecule has 1 aliphatic rings. The van der Waals surface area contributed by atoms with Gasteiger partial charge in [0.1, 0.15) is 12.1 Å². The molecule has 9 heteroatoms. The number of aromatic nitrogens is 3. The Labute approximate surface area is 152 Å². The minimum Gasteiger partial charge on any atom is -0.362 e. The Morgan fingerprint density at radius 1 is 1.19 bits per heavy atom. The van der Waals surface area contributed by atoms with Crippen molar-refractivity contribution in [3.8, 4) is 0 Å². The molecular weight excluding hydrogens is 334 g/mol. The summed E-state index contributed by atoms with van der Waals surface area (Å²) in [7, 11) is 0. The molecule has 0 radical (unpaired) electrons. The number of anilines is 3. The highest BCUT2D eigenvalue weighted by Gasteiger charge is 2.29. The average Bonchev–Trinajstić information content (AvgIpc) is 2.68. The first-order chi connectivity index (χ1) is 12.6. The Bertz CT molecular complexity index is 748. The first kappa shape index (κ1) is 17.8. The summed E-state index contributed by atoms with van der Waals surface area (Å²) in [5.74, 6) is 1.57. The van der Waals surface area contributed by atoms with E-state index in [-0.39, 0.29) is 17.5 Å². The van der Waals surface area contributed by atoms with E-state index in [2.05, 4.69) is 25.2 Å². The molecule has 1 saturated heterocycles. The van der Waals surface area contributed by atoms with Crippen LogP contribution in [0.2, 0.25) is 0 Å². The molecule has 2 aromatic rings. The third kappa shape index (κ3) is 3.81. The lowest BCUT2D eigenvalue weighted by molar-refractivity contribution is -0.383. The second-order valence-corrected chi connectivity index (χ2v) is 6.27. The van der Waals surface area contributed by atoms with Gasteiger partial charge in [-0.1, -0.05) is 13.0 Å². The normalized spacial score (nSPS) is 15.6. The molecule has 0 bridgehead atoms. The third-order valence-electron chi connectivity index (χ3n) is 4.53. The lowest BCUT2D eigenvalue weighted by Crippen LogP contribution is -2.47. The largest absolute Gasteiger partial charge is 0.362 e. The fourth-order valence-corrected chi connectivity index (χ4v) is 2.90. The highest BCUT2D eigenvalue weighted by molar-refractivity contribution is 5.70. The van der Waals surface area contributed by atoms with Gasteiger partial charge in [-0.3, -0.25) is 10.1 Å². The molecule has 0 aliphatic carbocycles. The molecule has 3 heterocycles. The number of nitrogens with one attached hydrogen (secondary N) is 1. The maximum absolute atomic E-state index is 11.7. The number of hydrogen-bond acceptors (Lipinski definition) is 8. The van der Waals surface area contributed by atoms with Crippen LogP contribution in [0.5, 0.6) is 0 Å². The number of pyridine rings is 1. The quantitative estimate of drug-likeness (QED) is 0.621. The summed E-state index contributed by atoms with van der Waals surface area (Å²) in [4.78, 5) is 28.1. The second kappa shape index (κ2) is 7.94. The van der Waals surface area contributed by atoms with Crippen LogP contribution in [0, 0.1) is 10.1 Å². The van der Waals surface area contributed by atoms with Crippen LogP contribution in [0.4, 0.5) is 23.1 Å². The summed E-state index contributed by atoms with van der Waals surface area (Å²) >= 11 is 0. The Morgan fingerprint density at radius 2 is 1.92 bits per heavy atom. The predicted octanol–water partition coefficient (Wildman–Crippen LogP) is 2.32. The molecule has 1 N–H and O–H groups in total. The molecule has 9 nitrogen and oxygen atoms in total. The summed E-state index contributed by atoms with van der Waals surface area (Å²) < 4.78 is 0. The van der Waals surface area contributed by atoms with Gasteiger partial charge < -0.3 is 15.1 Å². The zero-order valence-electron chi connectivity index (χ0n) is 15.0. The van der Waals surface area contributed by atoms with E-state index >= 15 is 0 Å². The molecule has 0 spiro atoms. The van der Waals surface area contributed by atoms with E-state index in [0.29, 0.717) is 18.9 Å². The summed E-state index contributed by atoms with van der Waals surface area (Å²) in [5.41, 5.74) is -0.0564. The van der Waals surface area contributed by atoms with Crippen LogP contribution in [0.15, 0.2) is 30.7 Å². The Balaban J connectivity index is 1.79. The second-order valence-electron chi connectivity index (χ2n) is 6.27. The first-order valence-electron chi connectivity index (χ1n) is 8.77. The van der Waals surface area contributed by atoms with Gasteiger partial charge in [-0.2, -0.15) is 0 Å². The van der Waals surface area contributed by atoms with Crippen molar-refractivity contribution >= 4 is 23.1 Å². The van der Waals surface area contributed by atoms with E-state index in [4.69, 9.17) is 0 Å². The van der Waals surface area contributed by atoms with Crippen molar-refractivity contribution < 1.29 is 4.92 Å². The van der Waals surface area contributed by atoms with Crippen LogP contribution < -0.4 is 15.1 Å². The average molecular weight is 357 g/mol. The van der Waals surface area contributed by atoms with Crippen molar-refractivity contribution in [2.75, 3.05) is 41.3 Å². The van der Waals surface area contributed by atoms with Crippen molar-refractivity contribution in [3.05, 3.63) is 40.8 Å². The molecular formula is C17H23N7O2. The van der Waals surface area contributed by atoms with E-state index in [0.717, 1.165) is 25.3 Å². The Hall–Kier alpha value is -2.97. The molecule has 1 fully saturated rings. The van der Waals surface area contributed by atoms with Crippen LogP contribution in [0.3, 0.4) is 0 Å². The first-order valence-corrected chi connectivity index (χ1v) is 8.77. The van der Waals surface area contributed by atoms with Gasteiger partial charge in [0.05, 0.1) is 4.92 Å². The van der Waals surface area contributed by atoms with Crippen molar-refractivity contribution in [3.63, 3.8) is 0 Å². The molecule has 0 saturated carbocycles. The van der Waals surface area contributed by atoms with E-state index < -0.39 is 4.92 Å². The molecule has 3 rings (SSSR count). The smallest absolute Gasteiger partial charge is 0.353 e. The molecule has 1 atom stereocenters. The summed E-state index contributed by atoms with van der Waals surface area (Å²) in [6.45, 7) is 6.71. The topological polar surface area (TPSA) is 100 Å². The van der Waals surface area contributed by atoms with Crippen LogP contribution >= 0.6 is 0 Å². The highest BCUT2D eigenvalue weighted by Crippen LogP contribution is 2.33. The SMILES string of the molecule is CCC(C)Nc1ncnc(N2CCN(c3ccccn3)CC2)c1[N+](=O)[O-]. The van der Waals surface area contributed by atoms with Crippen molar-refractivity contribution in [2.45, 2.75) is 26.3 Å². The van der Waals surface area contributed by atoms with Crippen molar-refractivity contribution in [2.24, 2.45) is 0 Å². The molecule has 26 heavy (non-hydrogen) atoms. The van der Waals surface area contributed by atoms with Gasteiger partial charge in [-0.05, 0) is 25.5 Å². The lowest BCUT2D eigenvalue weighted by atomic mass is 10.2. The maximum Gasteiger partial charge on any atom is 0.353 e. The fraction of sp³-hybridized carbons (Fsp3) is 0.471. The van der Waals surface area contributed by atoms with Crippen LogP contribution in [-0.4, -0.2) is 52.1 Å². The van der Waals surface area contributed by atoms with Gasteiger partial charge in [0.2, 0.25) is 11.6 Å². The van der Waals surface area contributed by atoms with Gasteiger partial charge in [0.25, 0.3) is 0 Å². The molecule has 1 aliphatic heterocycles. The molecule has 2 aromatic heterocycles. The number of hydrogen-bond donors (Lipinski definition) is 1. The monoisotopic (exact) mass is 357 g/mol. The third-order valence-corrected chi connectivity index (χ3v) is 4.53.